The zero-order valence-corrected chi connectivity index (χ0v) is 19.7. The molecule has 178 valence electrons. The molecule has 3 rings (SSSR count). The van der Waals surface area contributed by atoms with Crippen LogP contribution in [0.3, 0.4) is 0 Å². The van der Waals surface area contributed by atoms with Crippen LogP contribution in [0.15, 0.2) is 36.4 Å². The Labute approximate surface area is 196 Å². The van der Waals surface area contributed by atoms with E-state index in [2.05, 4.69) is 10.6 Å². The van der Waals surface area contributed by atoms with Crippen molar-refractivity contribution in [1.29, 1.82) is 0 Å². The number of benzene rings is 2. The van der Waals surface area contributed by atoms with E-state index in [-0.39, 0.29) is 35.3 Å². The number of alkyl halides is 2. The smallest absolute Gasteiger partial charge is 0.257 e. The predicted molar refractivity (Wildman–Crippen MR) is 123 cm³/mol. The highest BCUT2D eigenvalue weighted by Crippen LogP contribution is 2.41. The van der Waals surface area contributed by atoms with E-state index in [9.17, 15) is 22.8 Å². The molecule has 0 saturated carbocycles. The van der Waals surface area contributed by atoms with Gasteiger partial charge in [0.05, 0.1) is 28.2 Å². The summed E-state index contributed by atoms with van der Waals surface area (Å²) in [4.78, 5) is 27.5. The van der Waals surface area contributed by atoms with Gasteiger partial charge >= 0.3 is 0 Å². The number of nitrogens with zero attached hydrogens (tertiary/aromatic N) is 1. The third-order valence-electron chi connectivity index (χ3n) is 5.80. The molecule has 0 bridgehead atoms. The van der Waals surface area contributed by atoms with Gasteiger partial charge in [0.1, 0.15) is 5.82 Å². The Hall–Kier alpha value is -2.58. The maximum Gasteiger partial charge on any atom is 0.257 e. The first kappa shape index (κ1) is 25.1. The van der Waals surface area contributed by atoms with Gasteiger partial charge in [-0.1, -0.05) is 49.7 Å². The average Bonchev–Trinajstić information content (AvgIpc) is 2.71. The number of carbonyl (C=O) groups is 2. The SMILES string of the molecule is CNC(=O)c1cc(Cl)c(F)cc1NC(=O)C1(c2ccccc2C(C)C)CN(CC(C)(F)F)C1. The van der Waals surface area contributed by atoms with Crippen molar-refractivity contribution in [2.24, 2.45) is 0 Å². The van der Waals surface area contributed by atoms with E-state index in [4.69, 9.17) is 11.6 Å². The van der Waals surface area contributed by atoms with Gasteiger partial charge in [0.2, 0.25) is 5.91 Å². The number of nitrogens with one attached hydrogen (secondary N) is 2. The second kappa shape index (κ2) is 9.35. The standard InChI is InChI=1S/C24H27ClF3N3O2/c1-14(2)15-7-5-6-8-17(15)24(12-31(13-24)11-23(3,27)28)22(33)30-20-10-19(26)18(25)9-16(20)21(32)29-4/h5-10,14H,11-13H2,1-4H3,(H,29,32)(H,30,33). The van der Waals surface area contributed by atoms with E-state index in [1.54, 1.807) is 6.07 Å². The second-order valence-electron chi connectivity index (χ2n) is 8.88. The van der Waals surface area contributed by atoms with Crippen LogP contribution >= 0.6 is 11.6 Å². The van der Waals surface area contributed by atoms with Gasteiger partial charge in [0.15, 0.2) is 0 Å². The number of amides is 2. The van der Waals surface area contributed by atoms with Crippen LogP contribution in [0, 0.1) is 5.82 Å². The molecule has 33 heavy (non-hydrogen) atoms. The summed E-state index contributed by atoms with van der Waals surface area (Å²) in [6, 6.07) is 9.52. The normalized spacial score (nSPS) is 15.8. The van der Waals surface area contributed by atoms with Crippen molar-refractivity contribution in [3.05, 3.63) is 63.9 Å². The number of halogens is 4. The van der Waals surface area contributed by atoms with Crippen LogP contribution in [0.1, 0.15) is 48.2 Å². The molecule has 5 nitrogen and oxygen atoms in total. The third-order valence-corrected chi connectivity index (χ3v) is 6.09. The summed E-state index contributed by atoms with van der Waals surface area (Å²) in [6.07, 6.45) is 0. The molecule has 1 fully saturated rings. The lowest BCUT2D eigenvalue weighted by atomic mass is 9.69. The Kier molecular flexibility index (Phi) is 7.10. The van der Waals surface area contributed by atoms with Gasteiger partial charge in [-0.3, -0.25) is 14.5 Å². The molecule has 0 aliphatic carbocycles. The molecule has 0 atom stereocenters. The van der Waals surface area contributed by atoms with Crippen molar-refractivity contribution in [2.45, 2.75) is 38.0 Å². The van der Waals surface area contributed by atoms with E-state index in [1.165, 1.54) is 11.9 Å². The zero-order valence-electron chi connectivity index (χ0n) is 18.9. The largest absolute Gasteiger partial charge is 0.355 e. The predicted octanol–water partition coefficient (Wildman–Crippen LogP) is 4.81. The Morgan fingerprint density at radius 2 is 1.85 bits per heavy atom. The first-order valence-electron chi connectivity index (χ1n) is 10.6. The fourth-order valence-corrected chi connectivity index (χ4v) is 4.47. The van der Waals surface area contributed by atoms with Crippen molar-refractivity contribution in [1.82, 2.24) is 10.2 Å². The average molecular weight is 482 g/mol. The molecule has 0 aromatic heterocycles. The zero-order chi connectivity index (χ0) is 24.6. The second-order valence-corrected chi connectivity index (χ2v) is 9.29. The Bertz CT molecular complexity index is 1060. The molecular weight excluding hydrogens is 455 g/mol. The van der Waals surface area contributed by atoms with Crippen molar-refractivity contribution >= 4 is 29.1 Å². The monoisotopic (exact) mass is 481 g/mol. The van der Waals surface area contributed by atoms with Crippen molar-refractivity contribution in [3.63, 3.8) is 0 Å². The molecule has 1 saturated heterocycles. The molecule has 0 radical (unpaired) electrons. The first-order valence-corrected chi connectivity index (χ1v) is 11.0. The maximum atomic E-state index is 14.2. The molecule has 9 heteroatoms. The van der Waals surface area contributed by atoms with Crippen LogP contribution in [0.4, 0.5) is 18.9 Å². The lowest BCUT2D eigenvalue weighted by molar-refractivity contribution is -0.131. The summed E-state index contributed by atoms with van der Waals surface area (Å²) < 4.78 is 41.5. The van der Waals surface area contributed by atoms with Gasteiger partial charge in [0.25, 0.3) is 11.8 Å². The van der Waals surface area contributed by atoms with Gasteiger partial charge in [-0.05, 0) is 29.2 Å². The minimum Gasteiger partial charge on any atom is -0.355 e. The van der Waals surface area contributed by atoms with Crippen molar-refractivity contribution in [2.75, 3.05) is 32.0 Å². The summed E-state index contributed by atoms with van der Waals surface area (Å²) in [7, 11) is 1.40. The quantitative estimate of drug-likeness (QED) is 0.596. The number of hydrogen-bond acceptors (Lipinski definition) is 3. The lowest BCUT2D eigenvalue weighted by Crippen LogP contribution is -2.66. The van der Waals surface area contributed by atoms with Gasteiger partial charge in [-0.25, -0.2) is 13.2 Å². The topological polar surface area (TPSA) is 61.4 Å². The van der Waals surface area contributed by atoms with Crippen LogP contribution in [0.5, 0.6) is 0 Å². The van der Waals surface area contributed by atoms with E-state index in [0.29, 0.717) is 0 Å². The third kappa shape index (κ3) is 5.17. The highest BCUT2D eigenvalue weighted by atomic mass is 35.5. The summed E-state index contributed by atoms with van der Waals surface area (Å²) in [6.45, 7) is 4.46. The summed E-state index contributed by atoms with van der Waals surface area (Å²) in [5, 5.41) is 4.85. The molecule has 2 aromatic carbocycles. The highest BCUT2D eigenvalue weighted by Gasteiger charge is 2.53. The van der Waals surface area contributed by atoms with Crippen LogP contribution in [-0.4, -0.2) is 49.3 Å². The minimum absolute atomic E-state index is 0.000755. The van der Waals surface area contributed by atoms with E-state index in [0.717, 1.165) is 30.2 Å². The molecular formula is C24H27ClF3N3O2. The van der Waals surface area contributed by atoms with Crippen LogP contribution in [0.25, 0.3) is 0 Å². The minimum atomic E-state index is -2.91. The van der Waals surface area contributed by atoms with Crippen molar-refractivity contribution in [3.8, 4) is 0 Å². The van der Waals surface area contributed by atoms with Crippen LogP contribution < -0.4 is 10.6 Å². The lowest BCUT2D eigenvalue weighted by Gasteiger charge is -2.50. The van der Waals surface area contributed by atoms with E-state index in [1.807, 2.05) is 32.0 Å². The summed E-state index contributed by atoms with van der Waals surface area (Å²) in [5.74, 6) is -4.67. The molecule has 1 aliphatic heterocycles. The van der Waals surface area contributed by atoms with Gasteiger partial charge in [-0.15, -0.1) is 0 Å². The molecule has 2 amide bonds. The number of likely N-dealkylation sites (tertiary alicyclic amines) is 1. The molecule has 1 heterocycles. The maximum absolute atomic E-state index is 14.2. The number of hydrogen-bond donors (Lipinski definition) is 2. The molecule has 0 spiro atoms. The summed E-state index contributed by atoms with van der Waals surface area (Å²) in [5.41, 5.74) is 0.471. The fourth-order valence-electron chi connectivity index (χ4n) is 4.31. The van der Waals surface area contributed by atoms with Crippen LogP contribution in [0.2, 0.25) is 5.02 Å². The van der Waals surface area contributed by atoms with Crippen molar-refractivity contribution < 1.29 is 22.8 Å². The fraction of sp³-hybridized carbons (Fsp3) is 0.417. The van der Waals surface area contributed by atoms with E-state index >= 15 is 0 Å². The highest BCUT2D eigenvalue weighted by molar-refractivity contribution is 6.31. The van der Waals surface area contributed by atoms with Gasteiger partial charge in [-0.2, -0.15) is 0 Å². The van der Waals surface area contributed by atoms with Crippen LogP contribution in [-0.2, 0) is 10.2 Å². The number of rotatable bonds is 7. The van der Waals surface area contributed by atoms with E-state index < -0.39 is 35.5 Å². The van der Waals surface area contributed by atoms with Gasteiger partial charge in [0, 0.05) is 27.1 Å². The van der Waals surface area contributed by atoms with Gasteiger partial charge < -0.3 is 10.6 Å². The summed E-state index contributed by atoms with van der Waals surface area (Å²) >= 11 is 5.84. The first-order chi connectivity index (χ1) is 15.4. The Balaban J connectivity index is 2.03. The molecule has 2 aromatic rings. The number of carbonyl (C=O) groups excluding carboxylic acids is 2. The molecule has 0 unspecified atom stereocenters. The number of anilines is 1. The molecule has 2 N–H and O–H groups in total. The molecule has 1 aliphatic rings. The Morgan fingerprint density at radius 3 is 2.42 bits per heavy atom. The Morgan fingerprint density at radius 1 is 1.21 bits per heavy atom.